The Morgan fingerprint density at radius 1 is 1.09 bits per heavy atom. The van der Waals surface area contributed by atoms with Crippen molar-refractivity contribution >= 4 is 37.8 Å². The van der Waals surface area contributed by atoms with Crippen molar-refractivity contribution in [2.24, 2.45) is 5.92 Å². The van der Waals surface area contributed by atoms with Crippen LogP contribution in [0.1, 0.15) is 25.3 Å². The van der Waals surface area contributed by atoms with Crippen LogP contribution in [-0.2, 0) is 30.8 Å². The molecule has 2 aromatic rings. The van der Waals surface area contributed by atoms with Crippen molar-refractivity contribution in [3.8, 4) is 0 Å². The molecule has 1 saturated heterocycles. The minimum atomic E-state index is -3.90. The molecule has 1 heterocycles. The van der Waals surface area contributed by atoms with Gasteiger partial charge in [-0.05, 0) is 56.0 Å². The second-order valence-electron chi connectivity index (χ2n) is 7.67. The summed E-state index contributed by atoms with van der Waals surface area (Å²) in [6.45, 7) is 2.86. The topological polar surface area (TPSA) is 92.8 Å². The second kappa shape index (κ2) is 11.1. The van der Waals surface area contributed by atoms with Gasteiger partial charge in [0.05, 0.1) is 17.4 Å². The van der Waals surface area contributed by atoms with Crippen molar-refractivity contribution in [3.05, 3.63) is 64.6 Å². The third-order valence-electron chi connectivity index (χ3n) is 5.43. The standard InChI is InChI=1S/C23H27BrN2O5S/c1-2-31-23(28)18-12-14-26(15-13-18)22(27)21(16-17-6-4-3-5-7-17)25-32(29,30)20-10-8-19(24)9-11-20/h3-11,18,21,25H,2,12-16H2,1H3. The number of hydrogen-bond donors (Lipinski definition) is 1. The minimum Gasteiger partial charge on any atom is -0.466 e. The molecule has 2 aromatic carbocycles. The van der Waals surface area contributed by atoms with Gasteiger partial charge in [-0.2, -0.15) is 4.72 Å². The molecule has 0 spiro atoms. The van der Waals surface area contributed by atoms with Crippen molar-refractivity contribution in [1.29, 1.82) is 0 Å². The third kappa shape index (κ3) is 6.40. The average Bonchev–Trinajstić information content (AvgIpc) is 2.79. The summed E-state index contributed by atoms with van der Waals surface area (Å²) in [6.07, 6.45) is 1.23. The van der Waals surface area contributed by atoms with Crippen LogP contribution in [0.5, 0.6) is 0 Å². The lowest BCUT2D eigenvalue weighted by molar-refractivity contribution is -0.151. The molecule has 0 aromatic heterocycles. The monoisotopic (exact) mass is 522 g/mol. The minimum absolute atomic E-state index is 0.0904. The number of carbonyl (C=O) groups excluding carboxylic acids is 2. The van der Waals surface area contributed by atoms with Gasteiger partial charge in [0.25, 0.3) is 0 Å². The van der Waals surface area contributed by atoms with Crippen LogP contribution in [0.25, 0.3) is 0 Å². The fraction of sp³-hybridized carbons (Fsp3) is 0.391. The van der Waals surface area contributed by atoms with Crippen LogP contribution in [-0.4, -0.2) is 50.9 Å². The Hall–Kier alpha value is -2.23. The van der Waals surface area contributed by atoms with Gasteiger partial charge in [0.2, 0.25) is 15.9 Å². The Bertz CT molecular complexity index is 1020. The number of likely N-dealkylation sites (tertiary alicyclic amines) is 1. The van der Waals surface area contributed by atoms with Gasteiger partial charge in [-0.25, -0.2) is 8.42 Å². The van der Waals surface area contributed by atoms with E-state index in [9.17, 15) is 18.0 Å². The van der Waals surface area contributed by atoms with Crippen LogP contribution in [0.15, 0.2) is 64.0 Å². The largest absolute Gasteiger partial charge is 0.466 e. The first kappa shape index (κ1) is 24.4. The molecular formula is C23H27BrN2O5S. The number of nitrogens with one attached hydrogen (secondary N) is 1. The van der Waals surface area contributed by atoms with Crippen LogP contribution < -0.4 is 4.72 Å². The van der Waals surface area contributed by atoms with Gasteiger partial charge in [-0.3, -0.25) is 9.59 Å². The molecular weight excluding hydrogens is 496 g/mol. The summed E-state index contributed by atoms with van der Waals surface area (Å²) in [5, 5.41) is 0. The number of carbonyl (C=O) groups is 2. The summed E-state index contributed by atoms with van der Waals surface area (Å²) in [7, 11) is -3.90. The normalized spacial score (nSPS) is 15.9. The molecule has 0 radical (unpaired) electrons. The zero-order valence-electron chi connectivity index (χ0n) is 17.9. The van der Waals surface area contributed by atoms with Crippen molar-refractivity contribution in [1.82, 2.24) is 9.62 Å². The molecule has 1 aliphatic heterocycles. The van der Waals surface area contributed by atoms with E-state index in [2.05, 4.69) is 20.7 Å². The molecule has 7 nitrogen and oxygen atoms in total. The molecule has 1 amide bonds. The lowest BCUT2D eigenvalue weighted by Crippen LogP contribution is -2.52. The predicted molar refractivity (Wildman–Crippen MR) is 124 cm³/mol. The van der Waals surface area contributed by atoms with Gasteiger partial charge in [-0.15, -0.1) is 0 Å². The number of halogens is 1. The highest BCUT2D eigenvalue weighted by Crippen LogP contribution is 2.21. The Morgan fingerprint density at radius 3 is 2.31 bits per heavy atom. The van der Waals surface area contributed by atoms with Crippen LogP contribution in [0.3, 0.4) is 0 Å². The number of piperidine rings is 1. The quantitative estimate of drug-likeness (QED) is 0.537. The number of sulfonamides is 1. The van der Waals surface area contributed by atoms with Crippen LogP contribution >= 0.6 is 15.9 Å². The van der Waals surface area contributed by atoms with Crippen molar-refractivity contribution in [2.75, 3.05) is 19.7 Å². The lowest BCUT2D eigenvalue weighted by atomic mass is 9.96. The molecule has 1 atom stereocenters. The maximum absolute atomic E-state index is 13.3. The second-order valence-corrected chi connectivity index (χ2v) is 10.3. The Morgan fingerprint density at radius 2 is 1.72 bits per heavy atom. The highest BCUT2D eigenvalue weighted by Gasteiger charge is 2.33. The molecule has 0 saturated carbocycles. The van der Waals surface area contributed by atoms with E-state index in [4.69, 9.17) is 4.74 Å². The summed E-state index contributed by atoms with van der Waals surface area (Å²) in [6, 6.07) is 14.6. The number of benzene rings is 2. The first-order chi connectivity index (χ1) is 15.3. The van der Waals surface area contributed by atoms with E-state index in [1.54, 1.807) is 24.0 Å². The summed E-state index contributed by atoms with van der Waals surface area (Å²) < 4.78 is 34.4. The van der Waals surface area contributed by atoms with Gasteiger partial charge in [0.15, 0.2) is 0 Å². The van der Waals surface area contributed by atoms with Gasteiger partial charge >= 0.3 is 5.97 Å². The Balaban J connectivity index is 1.76. The number of esters is 1. The number of hydrogen-bond acceptors (Lipinski definition) is 5. The van der Waals surface area contributed by atoms with Gasteiger partial charge in [-0.1, -0.05) is 46.3 Å². The van der Waals surface area contributed by atoms with E-state index in [0.29, 0.717) is 32.5 Å². The number of nitrogens with zero attached hydrogens (tertiary/aromatic N) is 1. The molecule has 0 bridgehead atoms. The van der Waals surface area contributed by atoms with Gasteiger partial charge in [0, 0.05) is 17.6 Å². The van der Waals surface area contributed by atoms with E-state index in [1.165, 1.54) is 12.1 Å². The van der Waals surface area contributed by atoms with E-state index < -0.39 is 16.1 Å². The SMILES string of the molecule is CCOC(=O)C1CCN(C(=O)C(Cc2ccccc2)NS(=O)(=O)c2ccc(Br)cc2)CC1. The summed E-state index contributed by atoms with van der Waals surface area (Å²) in [5.74, 6) is -0.765. The zero-order chi connectivity index (χ0) is 23.1. The molecule has 1 N–H and O–H groups in total. The maximum Gasteiger partial charge on any atom is 0.309 e. The van der Waals surface area contributed by atoms with Gasteiger partial charge in [0.1, 0.15) is 6.04 Å². The smallest absolute Gasteiger partial charge is 0.309 e. The molecule has 1 aliphatic rings. The molecule has 9 heteroatoms. The summed E-state index contributed by atoms with van der Waals surface area (Å²) >= 11 is 3.30. The Kier molecular flexibility index (Phi) is 8.44. The maximum atomic E-state index is 13.3. The van der Waals surface area contributed by atoms with E-state index in [-0.39, 0.29) is 29.1 Å². The lowest BCUT2D eigenvalue weighted by Gasteiger charge is -2.33. The summed E-state index contributed by atoms with van der Waals surface area (Å²) in [5.41, 5.74) is 0.853. The van der Waals surface area contributed by atoms with E-state index in [1.807, 2.05) is 30.3 Å². The number of amides is 1. The van der Waals surface area contributed by atoms with Crippen LogP contribution in [0.4, 0.5) is 0 Å². The average molecular weight is 523 g/mol. The predicted octanol–water partition coefficient (Wildman–Crippen LogP) is 3.14. The van der Waals surface area contributed by atoms with E-state index in [0.717, 1.165) is 10.0 Å². The first-order valence-electron chi connectivity index (χ1n) is 10.6. The number of rotatable bonds is 8. The van der Waals surface area contributed by atoms with Crippen molar-refractivity contribution in [3.63, 3.8) is 0 Å². The molecule has 32 heavy (non-hydrogen) atoms. The highest BCUT2D eigenvalue weighted by atomic mass is 79.9. The molecule has 1 unspecified atom stereocenters. The molecule has 1 fully saturated rings. The highest BCUT2D eigenvalue weighted by molar-refractivity contribution is 9.10. The molecule has 3 rings (SSSR count). The third-order valence-corrected chi connectivity index (χ3v) is 7.44. The molecule has 172 valence electrons. The van der Waals surface area contributed by atoms with Crippen LogP contribution in [0.2, 0.25) is 0 Å². The number of ether oxygens (including phenoxy) is 1. The fourth-order valence-corrected chi connectivity index (χ4v) is 5.17. The zero-order valence-corrected chi connectivity index (χ0v) is 20.3. The fourth-order valence-electron chi connectivity index (χ4n) is 3.71. The van der Waals surface area contributed by atoms with E-state index >= 15 is 0 Å². The molecule has 0 aliphatic carbocycles. The van der Waals surface area contributed by atoms with Crippen molar-refractivity contribution in [2.45, 2.75) is 37.1 Å². The van der Waals surface area contributed by atoms with Crippen molar-refractivity contribution < 1.29 is 22.7 Å². The summed E-state index contributed by atoms with van der Waals surface area (Å²) in [4.78, 5) is 27.1. The Labute approximate surface area is 197 Å². The van der Waals surface area contributed by atoms with Crippen LogP contribution in [0, 0.1) is 5.92 Å². The van der Waals surface area contributed by atoms with Gasteiger partial charge < -0.3 is 9.64 Å². The first-order valence-corrected chi connectivity index (χ1v) is 12.8.